The molecule has 34 heavy (non-hydrogen) atoms. The Kier molecular flexibility index (Phi) is 5.43. The first-order valence-corrected chi connectivity index (χ1v) is 11.7. The van der Waals surface area contributed by atoms with Crippen LogP contribution in [0.15, 0.2) is 61.1 Å². The van der Waals surface area contributed by atoms with Gasteiger partial charge in [0.25, 0.3) is 0 Å². The van der Waals surface area contributed by atoms with Crippen LogP contribution in [-0.4, -0.2) is 60.0 Å². The third-order valence-electron chi connectivity index (χ3n) is 6.53. The zero-order valence-electron chi connectivity index (χ0n) is 19.2. The SMILES string of the molecule is CN1CC[C@H](Cc2cc(Cc3cnc4nnn(Cc5ccc6ncccc6c5)c4n3)ccn2)C1. The predicted octanol–water partition coefficient (Wildman–Crippen LogP) is 3.30. The number of rotatable bonds is 6. The number of hydrogen-bond acceptors (Lipinski definition) is 7. The molecule has 0 amide bonds. The fraction of sp³-hybridized carbons (Fsp3) is 0.308. The fourth-order valence-corrected chi connectivity index (χ4v) is 4.83. The van der Waals surface area contributed by atoms with E-state index in [1.807, 2.05) is 29.2 Å². The number of benzene rings is 1. The summed E-state index contributed by atoms with van der Waals surface area (Å²) in [5.74, 6) is 0.690. The Morgan fingerprint density at radius 1 is 0.971 bits per heavy atom. The second-order valence-electron chi connectivity index (χ2n) is 9.24. The van der Waals surface area contributed by atoms with Crippen molar-refractivity contribution in [3.05, 3.63) is 83.6 Å². The maximum absolute atomic E-state index is 4.87. The molecule has 1 aromatic carbocycles. The molecule has 0 N–H and O–H groups in total. The molecule has 1 saturated heterocycles. The Morgan fingerprint density at radius 2 is 1.94 bits per heavy atom. The summed E-state index contributed by atoms with van der Waals surface area (Å²) >= 11 is 0. The van der Waals surface area contributed by atoms with Crippen molar-refractivity contribution in [2.24, 2.45) is 5.92 Å². The lowest BCUT2D eigenvalue weighted by Crippen LogP contribution is -2.15. The van der Waals surface area contributed by atoms with Gasteiger partial charge in [-0.3, -0.25) is 9.97 Å². The number of hydrogen-bond donors (Lipinski definition) is 0. The lowest BCUT2D eigenvalue weighted by molar-refractivity contribution is 0.393. The third-order valence-corrected chi connectivity index (χ3v) is 6.53. The van der Waals surface area contributed by atoms with Gasteiger partial charge in [-0.05, 0) is 73.8 Å². The molecule has 0 bridgehead atoms. The van der Waals surface area contributed by atoms with Crippen molar-refractivity contribution in [2.45, 2.75) is 25.8 Å². The van der Waals surface area contributed by atoms with Crippen LogP contribution in [0.25, 0.3) is 22.2 Å². The Balaban J connectivity index is 1.22. The van der Waals surface area contributed by atoms with Crippen molar-refractivity contribution in [1.29, 1.82) is 0 Å². The van der Waals surface area contributed by atoms with Gasteiger partial charge in [-0.1, -0.05) is 17.3 Å². The van der Waals surface area contributed by atoms with Gasteiger partial charge in [-0.25, -0.2) is 14.6 Å². The molecule has 6 rings (SSSR count). The molecule has 0 aliphatic carbocycles. The zero-order valence-corrected chi connectivity index (χ0v) is 19.2. The van der Waals surface area contributed by atoms with Crippen LogP contribution in [-0.2, 0) is 19.4 Å². The molecule has 8 nitrogen and oxygen atoms in total. The summed E-state index contributed by atoms with van der Waals surface area (Å²) < 4.78 is 1.82. The van der Waals surface area contributed by atoms with Crippen LogP contribution in [0.1, 0.15) is 28.9 Å². The molecule has 8 heteroatoms. The van der Waals surface area contributed by atoms with E-state index in [4.69, 9.17) is 4.98 Å². The maximum Gasteiger partial charge on any atom is 0.221 e. The fourth-order valence-electron chi connectivity index (χ4n) is 4.83. The topological polar surface area (TPSA) is 85.5 Å². The monoisotopic (exact) mass is 450 g/mol. The van der Waals surface area contributed by atoms with Crippen LogP contribution < -0.4 is 0 Å². The molecule has 1 aliphatic heterocycles. The molecule has 0 unspecified atom stereocenters. The summed E-state index contributed by atoms with van der Waals surface area (Å²) in [4.78, 5) is 20.8. The maximum atomic E-state index is 4.87. The van der Waals surface area contributed by atoms with Crippen LogP contribution in [0.2, 0.25) is 0 Å². The smallest absolute Gasteiger partial charge is 0.221 e. The quantitative estimate of drug-likeness (QED) is 0.392. The number of fused-ring (bicyclic) bond motifs is 2. The summed E-state index contributed by atoms with van der Waals surface area (Å²) in [6, 6.07) is 14.5. The molecule has 0 spiro atoms. The van der Waals surface area contributed by atoms with Crippen molar-refractivity contribution >= 4 is 22.2 Å². The molecule has 1 aliphatic rings. The third kappa shape index (κ3) is 4.36. The molecule has 0 saturated carbocycles. The Hall–Kier alpha value is -3.78. The van der Waals surface area contributed by atoms with Gasteiger partial charge >= 0.3 is 0 Å². The van der Waals surface area contributed by atoms with E-state index in [0.717, 1.165) is 40.8 Å². The first-order chi connectivity index (χ1) is 16.7. The van der Waals surface area contributed by atoms with Gasteiger partial charge in [0, 0.05) is 36.4 Å². The van der Waals surface area contributed by atoms with Crippen molar-refractivity contribution < 1.29 is 0 Å². The van der Waals surface area contributed by atoms with Gasteiger partial charge in [0.05, 0.1) is 24.0 Å². The summed E-state index contributed by atoms with van der Waals surface area (Å²) in [5, 5.41) is 9.63. The summed E-state index contributed by atoms with van der Waals surface area (Å²) in [7, 11) is 2.19. The number of aromatic nitrogens is 7. The van der Waals surface area contributed by atoms with E-state index in [1.54, 1.807) is 6.20 Å². The average molecular weight is 451 g/mol. The van der Waals surface area contributed by atoms with Crippen molar-refractivity contribution in [3.63, 3.8) is 0 Å². The van der Waals surface area contributed by atoms with Gasteiger partial charge in [0.1, 0.15) is 0 Å². The molecule has 4 aromatic heterocycles. The van der Waals surface area contributed by atoms with E-state index in [-0.39, 0.29) is 0 Å². The Bertz CT molecular complexity index is 1460. The lowest BCUT2D eigenvalue weighted by atomic mass is 10.0. The van der Waals surface area contributed by atoms with Crippen molar-refractivity contribution in [1.82, 2.24) is 39.8 Å². The summed E-state index contributed by atoms with van der Waals surface area (Å²) in [5.41, 5.74) is 6.62. The second kappa shape index (κ2) is 8.87. The van der Waals surface area contributed by atoms with E-state index in [0.29, 0.717) is 30.2 Å². The molecule has 1 atom stereocenters. The van der Waals surface area contributed by atoms with Crippen LogP contribution >= 0.6 is 0 Å². The van der Waals surface area contributed by atoms with Crippen LogP contribution in [0, 0.1) is 5.92 Å². The molecule has 1 fully saturated rings. The average Bonchev–Trinajstić information content (AvgIpc) is 3.44. The highest BCUT2D eigenvalue weighted by Crippen LogP contribution is 2.20. The lowest BCUT2D eigenvalue weighted by Gasteiger charge is -2.10. The summed E-state index contributed by atoms with van der Waals surface area (Å²) in [6.07, 6.45) is 8.50. The zero-order chi connectivity index (χ0) is 22.9. The van der Waals surface area contributed by atoms with Gasteiger partial charge in [0.15, 0.2) is 5.65 Å². The van der Waals surface area contributed by atoms with E-state index in [1.165, 1.54) is 18.5 Å². The Morgan fingerprint density at radius 3 is 2.85 bits per heavy atom. The standard InChI is InChI=1S/C26H26N8/c1-33-10-7-20(16-33)14-22-12-18(6-9-27-22)13-23-15-29-25-26(30-23)34(32-31-25)17-19-4-5-24-21(11-19)3-2-8-28-24/h2-6,8-9,11-12,15,20H,7,10,13-14,16-17H2,1H3/t20-/m1/s1. The predicted molar refractivity (Wildman–Crippen MR) is 130 cm³/mol. The first-order valence-electron chi connectivity index (χ1n) is 11.7. The largest absolute Gasteiger partial charge is 0.306 e. The Labute approximate surface area is 197 Å². The van der Waals surface area contributed by atoms with Crippen molar-refractivity contribution in [3.8, 4) is 0 Å². The molecular weight excluding hydrogens is 424 g/mol. The van der Waals surface area contributed by atoms with E-state index in [2.05, 4.69) is 67.5 Å². The number of likely N-dealkylation sites (tertiary alicyclic amines) is 1. The number of nitrogens with zero attached hydrogens (tertiary/aromatic N) is 8. The molecular formula is C26H26N8. The van der Waals surface area contributed by atoms with E-state index in [9.17, 15) is 0 Å². The van der Waals surface area contributed by atoms with Crippen LogP contribution in [0.3, 0.4) is 0 Å². The molecule has 5 heterocycles. The minimum Gasteiger partial charge on any atom is -0.306 e. The number of pyridine rings is 2. The molecule has 170 valence electrons. The van der Waals surface area contributed by atoms with Crippen LogP contribution in [0.4, 0.5) is 0 Å². The van der Waals surface area contributed by atoms with Gasteiger partial charge in [-0.15, -0.1) is 5.10 Å². The highest BCUT2D eigenvalue weighted by molar-refractivity contribution is 5.79. The highest BCUT2D eigenvalue weighted by atomic mass is 15.4. The van der Waals surface area contributed by atoms with E-state index >= 15 is 0 Å². The second-order valence-corrected chi connectivity index (χ2v) is 9.24. The van der Waals surface area contributed by atoms with E-state index < -0.39 is 0 Å². The first kappa shape index (κ1) is 20.8. The van der Waals surface area contributed by atoms with Gasteiger partial charge in [0.2, 0.25) is 5.65 Å². The minimum atomic E-state index is 0.562. The molecule has 0 radical (unpaired) electrons. The van der Waals surface area contributed by atoms with Gasteiger partial charge < -0.3 is 4.90 Å². The van der Waals surface area contributed by atoms with Crippen molar-refractivity contribution in [2.75, 3.05) is 20.1 Å². The highest BCUT2D eigenvalue weighted by Gasteiger charge is 2.20. The summed E-state index contributed by atoms with van der Waals surface area (Å²) in [6.45, 7) is 2.91. The van der Waals surface area contributed by atoms with Gasteiger partial charge in [-0.2, -0.15) is 0 Å². The van der Waals surface area contributed by atoms with Crippen LogP contribution in [0.5, 0.6) is 0 Å². The molecule has 5 aromatic rings. The normalized spacial score (nSPS) is 16.6. The minimum absolute atomic E-state index is 0.562.